The fourth-order valence-corrected chi connectivity index (χ4v) is 5.50. The van der Waals surface area contributed by atoms with Gasteiger partial charge in [0.15, 0.2) is 5.78 Å². The van der Waals surface area contributed by atoms with E-state index >= 15 is 0 Å². The number of hydrogen-bond acceptors (Lipinski definition) is 5. The first kappa shape index (κ1) is 23.7. The van der Waals surface area contributed by atoms with Gasteiger partial charge in [0.25, 0.3) is 5.91 Å². The van der Waals surface area contributed by atoms with E-state index in [9.17, 15) is 9.59 Å². The van der Waals surface area contributed by atoms with Gasteiger partial charge in [-0.1, -0.05) is 48.5 Å². The van der Waals surface area contributed by atoms with Crippen LogP contribution in [0.5, 0.6) is 5.75 Å². The van der Waals surface area contributed by atoms with Crippen molar-refractivity contribution >= 4 is 23.1 Å². The molecule has 6 rings (SSSR count). The predicted octanol–water partition coefficient (Wildman–Crippen LogP) is 6.30. The number of ketones is 1. The Hall–Kier alpha value is -4.71. The van der Waals surface area contributed by atoms with Gasteiger partial charge in [-0.2, -0.15) is 0 Å². The highest BCUT2D eigenvalue weighted by Gasteiger charge is 2.42. The molecule has 3 aromatic carbocycles. The van der Waals surface area contributed by atoms with Crippen LogP contribution in [-0.4, -0.2) is 23.8 Å². The Morgan fingerprint density at radius 2 is 1.66 bits per heavy atom. The fraction of sp³-hybridized carbons (Fsp3) is 0.156. The topological polar surface area (TPSA) is 71.5 Å². The number of carbonyl (C=O) groups excluding carboxylic acids is 2. The largest absolute Gasteiger partial charge is 0.497 e. The molecule has 0 saturated heterocycles. The number of amides is 1. The number of anilines is 2. The second-order valence-electron chi connectivity index (χ2n) is 9.57. The van der Waals surface area contributed by atoms with Crippen molar-refractivity contribution in [2.45, 2.75) is 24.8 Å². The highest BCUT2D eigenvalue weighted by atomic mass is 16.5. The number of para-hydroxylation sites is 2. The summed E-state index contributed by atoms with van der Waals surface area (Å²) >= 11 is 0. The Morgan fingerprint density at radius 3 is 2.39 bits per heavy atom. The van der Waals surface area contributed by atoms with Gasteiger partial charge in [-0.15, -0.1) is 0 Å². The second-order valence-corrected chi connectivity index (χ2v) is 9.57. The lowest BCUT2D eigenvalue weighted by molar-refractivity contribution is -0.116. The van der Waals surface area contributed by atoms with Crippen LogP contribution >= 0.6 is 0 Å². The van der Waals surface area contributed by atoms with Crippen LogP contribution in [0.4, 0.5) is 11.4 Å². The maximum absolute atomic E-state index is 14.2. The smallest absolute Gasteiger partial charge is 0.259 e. The zero-order chi connectivity index (χ0) is 26.1. The number of fused-ring (bicyclic) bond motifs is 1. The Balaban J connectivity index is 1.52. The quantitative estimate of drug-likeness (QED) is 0.355. The van der Waals surface area contributed by atoms with E-state index in [1.54, 1.807) is 36.5 Å². The lowest BCUT2D eigenvalue weighted by Gasteiger charge is -2.35. The standard InChI is InChI=1S/C32H27N3O3/c1-38-25-15-13-21(14-16-25)24-18-27-30(29(36)19-24)31(23-10-7-17-33-20-23)35(28-12-6-5-11-26(28)34-27)32(37)22-8-3-2-4-9-22/h2-17,20,24,31,34H,18-19H2,1H3. The molecule has 1 amide bonds. The molecule has 188 valence electrons. The molecule has 0 bridgehead atoms. The normalized spacial score (nSPS) is 18.7. The van der Waals surface area contributed by atoms with Crippen molar-refractivity contribution in [3.63, 3.8) is 0 Å². The van der Waals surface area contributed by atoms with E-state index in [0.29, 0.717) is 24.0 Å². The summed E-state index contributed by atoms with van der Waals surface area (Å²) in [6.07, 6.45) is 4.45. The van der Waals surface area contributed by atoms with Crippen molar-refractivity contribution in [1.82, 2.24) is 4.98 Å². The number of ether oxygens (including phenoxy) is 1. The fourth-order valence-electron chi connectivity index (χ4n) is 5.50. The Morgan fingerprint density at radius 1 is 0.895 bits per heavy atom. The number of nitrogens with zero attached hydrogens (tertiary/aromatic N) is 2. The first-order valence-electron chi connectivity index (χ1n) is 12.7. The zero-order valence-electron chi connectivity index (χ0n) is 21.0. The molecule has 0 fully saturated rings. The van der Waals surface area contributed by atoms with E-state index in [1.807, 2.05) is 78.9 Å². The van der Waals surface area contributed by atoms with Crippen molar-refractivity contribution < 1.29 is 14.3 Å². The lowest BCUT2D eigenvalue weighted by Crippen LogP contribution is -2.38. The molecule has 1 aliphatic heterocycles. The van der Waals surface area contributed by atoms with Crippen LogP contribution in [0.15, 0.2) is 115 Å². The molecule has 38 heavy (non-hydrogen) atoms. The van der Waals surface area contributed by atoms with E-state index in [2.05, 4.69) is 10.3 Å². The molecule has 0 saturated carbocycles. The van der Waals surface area contributed by atoms with Crippen LogP contribution in [0, 0.1) is 0 Å². The van der Waals surface area contributed by atoms with E-state index in [0.717, 1.165) is 33.9 Å². The number of rotatable bonds is 4. The van der Waals surface area contributed by atoms with Gasteiger partial charge in [0.2, 0.25) is 0 Å². The summed E-state index contributed by atoms with van der Waals surface area (Å²) in [5.41, 5.74) is 5.39. The van der Waals surface area contributed by atoms with Crippen LogP contribution in [0.1, 0.15) is 46.3 Å². The third kappa shape index (κ3) is 4.24. The number of benzene rings is 3. The van der Waals surface area contributed by atoms with Crippen molar-refractivity contribution in [3.05, 3.63) is 131 Å². The molecule has 0 spiro atoms. The number of allylic oxidation sites excluding steroid dienone is 1. The molecule has 2 atom stereocenters. The molecule has 6 nitrogen and oxygen atoms in total. The number of Topliss-reactive ketones (excluding diaryl/α,β-unsaturated/α-hetero) is 1. The zero-order valence-corrected chi connectivity index (χ0v) is 21.0. The van der Waals surface area contributed by atoms with Crippen LogP contribution in [0.3, 0.4) is 0 Å². The van der Waals surface area contributed by atoms with E-state index in [-0.39, 0.29) is 17.6 Å². The maximum Gasteiger partial charge on any atom is 0.259 e. The molecule has 1 aliphatic carbocycles. The van der Waals surface area contributed by atoms with Crippen LogP contribution in [-0.2, 0) is 4.79 Å². The molecule has 6 heteroatoms. The van der Waals surface area contributed by atoms with Gasteiger partial charge in [0, 0.05) is 35.6 Å². The average molecular weight is 502 g/mol. The third-order valence-corrected chi connectivity index (χ3v) is 7.32. The first-order valence-corrected chi connectivity index (χ1v) is 12.7. The van der Waals surface area contributed by atoms with Gasteiger partial charge in [0.1, 0.15) is 5.75 Å². The Bertz CT molecular complexity index is 1510. The van der Waals surface area contributed by atoms with Crippen LogP contribution < -0.4 is 15.0 Å². The number of aromatic nitrogens is 1. The third-order valence-electron chi connectivity index (χ3n) is 7.32. The summed E-state index contributed by atoms with van der Waals surface area (Å²) in [5.74, 6) is 0.640. The van der Waals surface area contributed by atoms with E-state index in [1.165, 1.54) is 0 Å². The summed E-state index contributed by atoms with van der Waals surface area (Å²) in [5, 5.41) is 3.57. The molecule has 1 N–H and O–H groups in total. The summed E-state index contributed by atoms with van der Waals surface area (Å²) in [4.78, 5) is 34.3. The van der Waals surface area contributed by atoms with Crippen molar-refractivity contribution in [2.75, 3.05) is 17.3 Å². The van der Waals surface area contributed by atoms with Crippen molar-refractivity contribution in [2.24, 2.45) is 0 Å². The van der Waals surface area contributed by atoms with Crippen LogP contribution in [0.2, 0.25) is 0 Å². The molecule has 2 unspecified atom stereocenters. The molecule has 4 aromatic rings. The molecule has 2 aliphatic rings. The Kier molecular flexibility index (Phi) is 6.22. The van der Waals surface area contributed by atoms with Gasteiger partial charge in [-0.05, 0) is 65.9 Å². The minimum absolute atomic E-state index is 0.0118. The molecular formula is C32H27N3O3. The molecule has 2 heterocycles. The van der Waals surface area contributed by atoms with E-state index < -0.39 is 6.04 Å². The first-order chi connectivity index (χ1) is 18.6. The minimum Gasteiger partial charge on any atom is -0.497 e. The highest BCUT2D eigenvalue weighted by molar-refractivity contribution is 6.12. The summed E-state index contributed by atoms with van der Waals surface area (Å²) in [6.45, 7) is 0. The summed E-state index contributed by atoms with van der Waals surface area (Å²) in [7, 11) is 1.64. The number of methoxy groups -OCH3 is 1. The van der Waals surface area contributed by atoms with Gasteiger partial charge in [0.05, 0.1) is 24.5 Å². The summed E-state index contributed by atoms with van der Waals surface area (Å²) < 4.78 is 5.32. The predicted molar refractivity (Wildman–Crippen MR) is 147 cm³/mol. The number of hydrogen-bond donors (Lipinski definition) is 1. The van der Waals surface area contributed by atoms with Crippen molar-refractivity contribution in [1.29, 1.82) is 0 Å². The average Bonchev–Trinajstić information content (AvgIpc) is 3.12. The Labute approximate surface area is 221 Å². The van der Waals surface area contributed by atoms with Gasteiger partial charge < -0.3 is 10.1 Å². The van der Waals surface area contributed by atoms with Gasteiger partial charge in [-0.3, -0.25) is 19.5 Å². The number of nitrogens with one attached hydrogen (secondary N) is 1. The summed E-state index contributed by atoms with van der Waals surface area (Å²) in [6, 6.07) is 28.0. The molecule has 1 aromatic heterocycles. The van der Waals surface area contributed by atoms with Crippen molar-refractivity contribution in [3.8, 4) is 5.75 Å². The number of pyridine rings is 1. The number of carbonyl (C=O) groups is 2. The SMILES string of the molecule is COc1ccc(C2CC(=O)C3=C(C2)Nc2ccccc2N(C(=O)c2ccccc2)C3c2cccnc2)cc1. The lowest BCUT2D eigenvalue weighted by atomic mass is 9.78. The monoisotopic (exact) mass is 501 g/mol. The molecular weight excluding hydrogens is 474 g/mol. The van der Waals surface area contributed by atoms with Gasteiger partial charge in [-0.25, -0.2) is 0 Å². The highest BCUT2D eigenvalue weighted by Crippen LogP contribution is 2.47. The maximum atomic E-state index is 14.2. The minimum atomic E-state index is -0.619. The van der Waals surface area contributed by atoms with E-state index in [4.69, 9.17) is 4.74 Å². The second kappa shape index (κ2) is 9.98. The molecule has 0 radical (unpaired) electrons. The van der Waals surface area contributed by atoms with Crippen LogP contribution in [0.25, 0.3) is 0 Å². The van der Waals surface area contributed by atoms with Gasteiger partial charge >= 0.3 is 0 Å².